The number of methoxy groups -OCH3 is 1. The minimum Gasteiger partial charge on any atom is -0.465 e. The van der Waals surface area contributed by atoms with Gasteiger partial charge in [0.1, 0.15) is 17.4 Å². The largest absolute Gasteiger partial charge is 0.465 e. The molecule has 0 aliphatic rings. The van der Waals surface area contributed by atoms with E-state index in [-0.39, 0.29) is 0 Å². The molecule has 0 spiro atoms. The highest BCUT2D eigenvalue weighted by molar-refractivity contribution is 5.95. The molecule has 102 valence electrons. The Morgan fingerprint density at radius 2 is 1.95 bits per heavy atom. The second kappa shape index (κ2) is 6.04. The van der Waals surface area contributed by atoms with E-state index in [1.807, 2.05) is 0 Å². The van der Waals surface area contributed by atoms with Crippen molar-refractivity contribution in [3.8, 4) is 11.8 Å². The third-order valence-electron chi connectivity index (χ3n) is 2.15. The van der Waals surface area contributed by atoms with Crippen LogP contribution >= 0.6 is 0 Å². The Hall–Kier alpha value is -2.30. The molecule has 0 saturated carbocycles. The van der Waals surface area contributed by atoms with Gasteiger partial charge in [-0.25, -0.2) is 13.6 Å². The second-order valence-corrected chi connectivity index (χ2v) is 3.19. The fourth-order valence-electron chi connectivity index (χ4n) is 1.40. The number of benzene rings is 1. The van der Waals surface area contributed by atoms with Crippen molar-refractivity contribution in [1.82, 2.24) is 0 Å². The zero-order valence-electron chi connectivity index (χ0n) is 9.49. The first-order chi connectivity index (χ1) is 8.92. The molecule has 1 rings (SSSR count). The molecule has 0 bridgehead atoms. The summed E-state index contributed by atoms with van der Waals surface area (Å²) in [6.07, 6.45) is -3.04. The molecule has 0 aromatic heterocycles. The molecule has 0 aliphatic heterocycles. The number of alkyl halides is 4. The van der Waals surface area contributed by atoms with Gasteiger partial charge in [-0.1, -0.05) is 0 Å². The maximum absolute atomic E-state index is 12.7. The summed E-state index contributed by atoms with van der Waals surface area (Å²) in [7, 11) is 0.921. The minimum absolute atomic E-state index is 0.692. The standard InChI is InChI=1S/C11H7F4NO3/c1-18-10(17)8-6(4-16)5(9(12)13)2-3-7(8)19-11(14)15/h2-3,9,11H,1H3. The molecule has 0 unspecified atom stereocenters. The highest BCUT2D eigenvalue weighted by Crippen LogP contribution is 2.32. The summed E-state index contributed by atoms with van der Waals surface area (Å²) in [6, 6.07) is 2.88. The number of halogens is 4. The van der Waals surface area contributed by atoms with E-state index < -0.39 is 41.4 Å². The van der Waals surface area contributed by atoms with E-state index >= 15 is 0 Å². The van der Waals surface area contributed by atoms with E-state index in [2.05, 4.69) is 9.47 Å². The van der Waals surface area contributed by atoms with E-state index in [1.165, 1.54) is 6.07 Å². The van der Waals surface area contributed by atoms with Crippen molar-refractivity contribution in [3.05, 3.63) is 28.8 Å². The first kappa shape index (κ1) is 14.8. The average Bonchev–Trinajstić information content (AvgIpc) is 2.36. The van der Waals surface area contributed by atoms with Crippen molar-refractivity contribution < 1.29 is 31.8 Å². The summed E-state index contributed by atoms with van der Waals surface area (Å²) >= 11 is 0. The normalized spacial score (nSPS) is 10.4. The number of esters is 1. The smallest absolute Gasteiger partial charge is 0.387 e. The Morgan fingerprint density at radius 1 is 1.32 bits per heavy atom. The summed E-state index contributed by atoms with van der Waals surface area (Å²) in [4.78, 5) is 11.4. The summed E-state index contributed by atoms with van der Waals surface area (Å²) in [5.41, 5.74) is -2.26. The second-order valence-electron chi connectivity index (χ2n) is 3.19. The maximum atomic E-state index is 12.7. The number of hydrogen-bond acceptors (Lipinski definition) is 4. The van der Waals surface area contributed by atoms with Crippen LogP contribution in [0.15, 0.2) is 12.1 Å². The Morgan fingerprint density at radius 3 is 2.37 bits per heavy atom. The Kier molecular flexibility index (Phi) is 4.69. The molecule has 1 aromatic carbocycles. The molecule has 0 radical (unpaired) electrons. The monoisotopic (exact) mass is 277 g/mol. The Bertz CT molecular complexity index is 525. The van der Waals surface area contributed by atoms with Crippen molar-refractivity contribution in [1.29, 1.82) is 5.26 Å². The van der Waals surface area contributed by atoms with Gasteiger partial charge >= 0.3 is 12.6 Å². The van der Waals surface area contributed by atoms with Crippen LogP contribution < -0.4 is 4.74 Å². The summed E-state index contributed by atoms with van der Waals surface area (Å²) in [5, 5.41) is 8.82. The number of rotatable bonds is 4. The van der Waals surface area contributed by atoms with Gasteiger partial charge in [-0.05, 0) is 12.1 Å². The predicted octanol–water partition coefficient (Wildman–Crippen LogP) is 2.88. The molecule has 0 amide bonds. The fourth-order valence-corrected chi connectivity index (χ4v) is 1.40. The first-order valence-corrected chi connectivity index (χ1v) is 4.80. The highest BCUT2D eigenvalue weighted by Gasteiger charge is 2.26. The van der Waals surface area contributed by atoms with Gasteiger partial charge in [-0.3, -0.25) is 0 Å². The number of hydrogen-bond donors (Lipinski definition) is 0. The minimum atomic E-state index is -3.27. The molecule has 1 aromatic rings. The zero-order chi connectivity index (χ0) is 14.6. The fraction of sp³-hybridized carbons (Fsp3) is 0.273. The predicted molar refractivity (Wildman–Crippen MR) is 54.1 cm³/mol. The number of nitrogens with zero attached hydrogens (tertiary/aromatic N) is 1. The maximum Gasteiger partial charge on any atom is 0.387 e. The molecule has 19 heavy (non-hydrogen) atoms. The van der Waals surface area contributed by atoms with Crippen molar-refractivity contribution in [2.75, 3.05) is 7.11 Å². The van der Waals surface area contributed by atoms with Gasteiger partial charge < -0.3 is 9.47 Å². The third-order valence-corrected chi connectivity index (χ3v) is 2.15. The lowest BCUT2D eigenvalue weighted by molar-refractivity contribution is -0.0504. The molecule has 0 heterocycles. The summed E-state index contributed by atoms with van der Waals surface area (Å²) in [6.45, 7) is -3.27. The van der Waals surface area contributed by atoms with Gasteiger partial charge in [0.05, 0.1) is 12.7 Å². The lowest BCUT2D eigenvalue weighted by Crippen LogP contribution is -2.12. The van der Waals surface area contributed by atoms with Crippen LogP contribution in [0.5, 0.6) is 5.75 Å². The van der Waals surface area contributed by atoms with Crippen LogP contribution in [0.2, 0.25) is 0 Å². The molecular formula is C11H7F4NO3. The lowest BCUT2D eigenvalue weighted by Gasteiger charge is -2.13. The Balaban J connectivity index is 3.52. The van der Waals surface area contributed by atoms with Crippen LogP contribution in [0.1, 0.15) is 27.9 Å². The number of carbonyl (C=O) groups is 1. The SMILES string of the molecule is COC(=O)c1c(OC(F)F)ccc(C(F)F)c1C#N. The van der Waals surface area contributed by atoms with E-state index in [0.29, 0.717) is 0 Å². The third kappa shape index (κ3) is 3.13. The molecule has 0 saturated heterocycles. The zero-order valence-corrected chi connectivity index (χ0v) is 9.49. The average molecular weight is 277 g/mol. The molecular weight excluding hydrogens is 270 g/mol. The van der Waals surface area contributed by atoms with E-state index in [9.17, 15) is 22.4 Å². The van der Waals surface area contributed by atoms with Gasteiger partial charge in [-0.15, -0.1) is 0 Å². The van der Waals surface area contributed by atoms with Crippen LogP contribution in [0, 0.1) is 11.3 Å². The molecule has 0 aliphatic carbocycles. The van der Waals surface area contributed by atoms with Gasteiger partial charge in [0.25, 0.3) is 6.43 Å². The van der Waals surface area contributed by atoms with Gasteiger partial charge in [0.15, 0.2) is 0 Å². The van der Waals surface area contributed by atoms with Gasteiger partial charge in [0.2, 0.25) is 0 Å². The van der Waals surface area contributed by atoms with Crippen LogP contribution in [0.4, 0.5) is 17.6 Å². The number of carbonyl (C=O) groups excluding carboxylic acids is 1. The van der Waals surface area contributed by atoms with Crippen LogP contribution in [-0.4, -0.2) is 19.7 Å². The molecule has 0 fully saturated rings. The van der Waals surface area contributed by atoms with Crippen LogP contribution in [0.3, 0.4) is 0 Å². The first-order valence-electron chi connectivity index (χ1n) is 4.80. The molecule has 8 heteroatoms. The quantitative estimate of drug-likeness (QED) is 0.627. The van der Waals surface area contributed by atoms with Crippen LogP contribution in [0.25, 0.3) is 0 Å². The number of nitriles is 1. The van der Waals surface area contributed by atoms with Crippen molar-refractivity contribution in [2.24, 2.45) is 0 Å². The highest BCUT2D eigenvalue weighted by atomic mass is 19.3. The van der Waals surface area contributed by atoms with Crippen LogP contribution in [-0.2, 0) is 4.74 Å². The summed E-state index contributed by atoms with van der Waals surface area (Å²) < 4.78 is 57.9. The van der Waals surface area contributed by atoms with Gasteiger partial charge in [0, 0.05) is 5.56 Å². The summed E-state index contributed by atoms with van der Waals surface area (Å²) in [5.74, 6) is -1.91. The van der Waals surface area contributed by atoms with Crippen molar-refractivity contribution in [3.63, 3.8) is 0 Å². The molecule has 0 atom stereocenters. The molecule has 0 N–H and O–H groups in total. The van der Waals surface area contributed by atoms with E-state index in [0.717, 1.165) is 19.2 Å². The van der Waals surface area contributed by atoms with Crippen molar-refractivity contribution >= 4 is 5.97 Å². The topological polar surface area (TPSA) is 59.3 Å². The number of ether oxygens (including phenoxy) is 2. The molecule has 4 nitrogen and oxygen atoms in total. The van der Waals surface area contributed by atoms with Crippen molar-refractivity contribution in [2.45, 2.75) is 13.0 Å². The Labute approximate surface area is 105 Å². The lowest BCUT2D eigenvalue weighted by atomic mass is 10.0. The van der Waals surface area contributed by atoms with E-state index in [1.54, 1.807) is 0 Å². The van der Waals surface area contributed by atoms with Gasteiger partial charge in [-0.2, -0.15) is 14.0 Å². The van der Waals surface area contributed by atoms with E-state index in [4.69, 9.17) is 5.26 Å².